The van der Waals surface area contributed by atoms with E-state index in [1.165, 1.54) is 6.07 Å². The summed E-state index contributed by atoms with van der Waals surface area (Å²) < 4.78 is 18.4. The Balaban J connectivity index is 2.40. The molecule has 0 aliphatic heterocycles. The highest BCUT2D eigenvalue weighted by Crippen LogP contribution is 2.13. The van der Waals surface area contributed by atoms with Gasteiger partial charge >= 0.3 is 0 Å². The highest BCUT2D eigenvalue weighted by molar-refractivity contribution is 5.17. The fourth-order valence-electron chi connectivity index (χ4n) is 1.56. The van der Waals surface area contributed by atoms with Crippen molar-refractivity contribution >= 4 is 0 Å². The van der Waals surface area contributed by atoms with Gasteiger partial charge in [0.25, 0.3) is 0 Å². The van der Waals surface area contributed by atoms with Crippen LogP contribution >= 0.6 is 0 Å². The number of hydrogen-bond acceptors (Lipinski definition) is 2. The molecule has 0 radical (unpaired) electrons. The molecule has 16 heavy (non-hydrogen) atoms. The zero-order valence-electron chi connectivity index (χ0n) is 9.82. The van der Waals surface area contributed by atoms with Gasteiger partial charge in [-0.15, -0.1) is 0 Å². The first kappa shape index (κ1) is 13.1. The number of ether oxygens (including phenoxy) is 1. The lowest BCUT2D eigenvalue weighted by molar-refractivity contribution is 0.0849. The molecule has 3 heteroatoms. The monoisotopic (exact) mass is 226 g/mol. The maximum Gasteiger partial charge on any atom is 0.126 e. The lowest BCUT2D eigenvalue weighted by Gasteiger charge is -2.14. The van der Waals surface area contributed by atoms with Gasteiger partial charge in [0.15, 0.2) is 0 Å². The first-order valence-electron chi connectivity index (χ1n) is 5.57. The molecule has 1 aromatic rings. The summed E-state index contributed by atoms with van der Waals surface area (Å²) >= 11 is 0. The number of rotatable bonds is 6. The first-order valence-corrected chi connectivity index (χ1v) is 5.57. The number of methoxy groups -OCH3 is 1. The molecule has 1 aromatic carbocycles. The summed E-state index contributed by atoms with van der Waals surface area (Å²) in [4.78, 5) is 0. The molecular formula is C13H19FO2. The minimum atomic E-state index is -0.505. The van der Waals surface area contributed by atoms with Crippen LogP contribution in [0.4, 0.5) is 4.39 Å². The van der Waals surface area contributed by atoms with E-state index < -0.39 is 6.10 Å². The Kier molecular flexibility index (Phi) is 5.43. The number of halogens is 1. The Hall–Kier alpha value is -0.930. The maximum atomic E-state index is 13.3. The van der Waals surface area contributed by atoms with Gasteiger partial charge in [0, 0.05) is 13.5 Å². The van der Waals surface area contributed by atoms with E-state index in [4.69, 9.17) is 4.74 Å². The zero-order chi connectivity index (χ0) is 12.0. The van der Waals surface area contributed by atoms with E-state index in [2.05, 4.69) is 0 Å². The predicted molar refractivity (Wildman–Crippen MR) is 61.8 cm³/mol. The maximum absolute atomic E-state index is 13.3. The molecular weight excluding hydrogens is 207 g/mol. The Morgan fingerprint density at radius 3 is 2.62 bits per heavy atom. The summed E-state index contributed by atoms with van der Waals surface area (Å²) in [7, 11) is 1.65. The summed E-state index contributed by atoms with van der Waals surface area (Å²) in [5.74, 6) is -0.249. The van der Waals surface area contributed by atoms with E-state index in [9.17, 15) is 9.50 Å². The van der Waals surface area contributed by atoms with Crippen LogP contribution in [-0.2, 0) is 11.2 Å². The normalized spacial score (nSPS) is 14.8. The van der Waals surface area contributed by atoms with Gasteiger partial charge in [0.2, 0.25) is 0 Å². The summed E-state index contributed by atoms with van der Waals surface area (Å²) in [5.41, 5.74) is 0.570. The number of hydrogen-bond donors (Lipinski definition) is 1. The van der Waals surface area contributed by atoms with Crippen LogP contribution in [0.5, 0.6) is 0 Å². The van der Waals surface area contributed by atoms with Crippen LogP contribution in [0.2, 0.25) is 0 Å². The molecule has 0 amide bonds. The Labute approximate surface area is 96.1 Å². The molecule has 2 nitrogen and oxygen atoms in total. The van der Waals surface area contributed by atoms with Crippen LogP contribution in [0.3, 0.4) is 0 Å². The van der Waals surface area contributed by atoms with Crippen molar-refractivity contribution in [3.05, 3.63) is 35.6 Å². The van der Waals surface area contributed by atoms with Gasteiger partial charge < -0.3 is 9.84 Å². The van der Waals surface area contributed by atoms with Crippen LogP contribution in [0, 0.1) is 5.82 Å². The van der Waals surface area contributed by atoms with Crippen LogP contribution < -0.4 is 0 Å². The average molecular weight is 226 g/mol. The van der Waals surface area contributed by atoms with Crippen molar-refractivity contribution in [2.75, 3.05) is 7.11 Å². The van der Waals surface area contributed by atoms with Gasteiger partial charge in [0.05, 0.1) is 12.2 Å². The smallest absolute Gasteiger partial charge is 0.126 e. The number of benzene rings is 1. The van der Waals surface area contributed by atoms with Crippen molar-refractivity contribution < 1.29 is 14.2 Å². The van der Waals surface area contributed by atoms with Gasteiger partial charge in [-0.25, -0.2) is 4.39 Å². The van der Waals surface area contributed by atoms with Crippen LogP contribution in [0.25, 0.3) is 0 Å². The minimum absolute atomic E-state index is 0.135. The Bertz CT molecular complexity index is 315. The third-order valence-corrected chi connectivity index (χ3v) is 2.72. The molecule has 90 valence electrons. The molecule has 0 bridgehead atoms. The number of aliphatic hydroxyl groups is 1. The van der Waals surface area contributed by atoms with E-state index in [0.29, 0.717) is 18.4 Å². The molecule has 1 rings (SSSR count). The molecule has 0 heterocycles. The van der Waals surface area contributed by atoms with Crippen LogP contribution in [0.1, 0.15) is 25.3 Å². The fraction of sp³-hybridized carbons (Fsp3) is 0.538. The van der Waals surface area contributed by atoms with Gasteiger partial charge in [-0.2, -0.15) is 0 Å². The van der Waals surface area contributed by atoms with E-state index >= 15 is 0 Å². The third-order valence-electron chi connectivity index (χ3n) is 2.72. The third kappa shape index (κ3) is 4.29. The molecule has 0 aliphatic rings. The highest BCUT2D eigenvalue weighted by Gasteiger charge is 2.10. The van der Waals surface area contributed by atoms with Crippen molar-refractivity contribution in [2.24, 2.45) is 0 Å². The Morgan fingerprint density at radius 2 is 2.00 bits per heavy atom. The van der Waals surface area contributed by atoms with Crippen molar-refractivity contribution in [1.29, 1.82) is 0 Å². The second-order valence-electron chi connectivity index (χ2n) is 4.07. The summed E-state index contributed by atoms with van der Waals surface area (Å²) in [6, 6.07) is 6.55. The minimum Gasteiger partial charge on any atom is -0.393 e. The van der Waals surface area contributed by atoms with Crippen molar-refractivity contribution in [1.82, 2.24) is 0 Å². The lowest BCUT2D eigenvalue weighted by atomic mass is 10.0. The summed E-state index contributed by atoms with van der Waals surface area (Å²) in [5, 5.41) is 9.75. The van der Waals surface area contributed by atoms with E-state index in [1.54, 1.807) is 25.3 Å². The molecule has 0 aliphatic carbocycles. The van der Waals surface area contributed by atoms with Crippen molar-refractivity contribution in [3.63, 3.8) is 0 Å². The van der Waals surface area contributed by atoms with Crippen molar-refractivity contribution in [2.45, 2.75) is 38.4 Å². The lowest BCUT2D eigenvalue weighted by Crippen LogP contribution is -2.15. The zero-order valence-corrected chi connectivity index (χ0v) is 9.82. The molecule has 2 atom stereocenters. The van der Waals surface area contributed by atoms with E-state index in [1.807, 2.05) is 6.92 Å². The van der Waals surface area contributed by atoms with Gasteiger partial charge in [-0.1, -0.05) is 18.2 Å². The largest absolute Gasteiger partial charge is 0.393 e. The molecule has 0 aromatic heterocycles. The van der Waals surface area contributed by atoms with Gasteiger partial charge in [0.1, 0.15) is 5.82 Å². The molecule has 0 saturated heterocycles. The predicted octanol–water partition coefficient (Wildman–Crippen LogP) is 2.54. The number of aliphatic hydroxyl groups excluding tert-OH is 1. The average Bonchev–Trinajstić information content (AvgIpc) is 2.29. The summed E-state index contributed by atoms with van der Waals surface area (Å²) in [6.07, 6.45) is 1.41. The fourth-order valence-corrected chi connectivity index (χ4v) is 1.56. The molecule has 0 fully saturated rings. The molecule has 1 N–H and O–H groups in total. The summed E-state index contributed by atoms with van der Waals surface area (Å²) in [6.45, 7) is 1.95. The SMILES string of the molecule is COC(C)CCC(O)Cc1ccccc1F. The van der Waals surface area contributed by atoms with Crippen LogP contribution in [0.15, 0.2) is 24.3 Å². The standard InChI is InChI=1S/C13H19FO2/c1-10(16-2)7-8-12(15)9-11-5-3-4-6-13(11)14/h3-6,10,12,15H,7-9H2,1-2H3. The topological polar surface area (TPSA) is 29.5 Å². The van der Waals surface area contributed by atoms with E-state index in [-0.39, 0.29) is 11.9 Å². The van der Waals surface area contributed by atoms with Gasteiger partial charge in [-0.05, 0) is 31.4 Å². The Morgan fingerprint density at radius 1 is 1.31 bits per heavy atom. The van der Waals surface area contributed by atoms with Crippen LogP contribution in [-0.4, -0.2) is 24.4 Å². The first-order chi connectivity index (χ1) is 7.63. The second-order valence-corrected chi connectivity index (χ2v) is 4.07. The quantitative estimate of drug-likeness (QED) is 0.807. The molecule has 2 unspecified atom stereocenters. The molecule has 0 saturated carbocycles. The molecule has 0 spiro atoms. The second kappa shape index (κ2) is 6.61. The highest BCUT2D eigenvalue weighted by atomic mass is 19.1. The van der Waals surface area contributed by atoms with E-state index in [0.717, 1.165) is 6.42 Å². The van der Waals surface area contributed by atoms with Gasteiger partial charge in [-0.3, -0.25) is 0 Å². The van der Waals surface area contributed by atoms with Crippen molar-refractivity contribution in [3.8, 4) is 0 Å².